The Balaban J connectivity index is 2.15. The highest BCUT2D eigenvalue weighted by Crippen LogP contribution is 2.20. The second kappa shape index (κ2) is 6.83. The average molecular weight is 298 g/mol. The summed E-state index contributed by atoms with van der Waals surface area (Å²) in [5.41, 5.74) is 1.75. The number of Topliss-reactive ketones (excluding diaryl/α,β-unsaturated/α-hetero) is 1. The minimum Gasteiger partial charge on any atom is -0.387 e. The molecule has 0 saturated heterocycles. The third-order valence-electron chi connectivity index (χ3n) is 3.27. The molecule has 0 amide bonds. The van der Waals surface area contributed by atoms with E-state index in [-0.39, 0.29) is 12.3 Å². The highest BCUT2D eigenvalue weighted by atomic mass is 19.1. The summed E-state index contributed by atoms with van der Waals surface area (Å²) in [6, 6.07) is 12.4. The summed E-state index contributed by atoms with van der Waals surface area (Å²) < 4.78 is 13.1. The lowest BCUT2D eigenvalue weighted by atomic mass is 10.1. The van der Waals surface area contributed by atoms with Gasteiger partial charge in [-0.25, -0.2) is 4.39 Å². The largest absolute Gasteiger partial charge is 0.387 e. The molecule has 1 atom stereocenters. The van der Waals surface area contributed by atoms with E-state index >= 15 is 0 Å². The van der Waals surface area contributed by atoms with Gasteiger partial charge in [-0.2, -0.15) is 5.26 Å². The Hall–Kier alpha value is -2.71. The predicted octanol–water partition coefficient (Wildman–Crippen LogP) is 3.05. The molecule has 0 saturated carbocycles. The number of carbonyl (C=O) groups is 1. The number of rotatable bonds is 5. The summed E-state index contributed by atoms with van der Waals surface area (Å²) in [5.74, 6) is -0.536. The smallest absolute Gasteiger partial charge is 0.159 e. The lowest BCUT2D eigenvalue weighted by Crippen LogP contribution is -2.13. The van der Waals surface area contributed by atoms with Crippen LogP contribution in [0.1, 0.15) is 34.5 Å². The second-order valence-corrected chi connectivity index (χ2v) is 4.88. The van der Waals surface area contributed by atoms with E-state index in [0.29, 0.717) is 22.4 Å². The van der Waals surface area contributed by atoms with E-state index in [9.17, 15) is 14.3 Å². The fraction of sp³-hybridized carbons (Fsp3) is 0.176. The summed E-state index contributed by atoms with van der Waals surface area (Å²) in [5, 5.41) is 22.1. The molecule has 4 nitrogen and oxygen atoms in total. The number of hydrogen-bond acceptors (Lipinski definition) is 4. The summed E-state index contributed by atoms with van der Waals surface area (Å²) in [4.78, 5) is 11.4. The quantitative estimate of drug-likeness (QED) is 0.832. The molecule has 0 fully saturated rings. The van der Waals surface area contributed by atoms with Gasteiger partial charge in [0.15, 0.2) is 5.78 Å². The highest BCUT2D eigenvalue weighted by molar-refractivity contribution is 5.95. The number of anilines is 1. The minimum atomic E-state index is -0.928. The molecule has 0 radical (unpaired) electrons. The number of benzene rings is 2. The molecular weight excluding hydrogens is 283 g/mol. The van der Waals surface area contributed by atoms with Crippen LogP contribution < -0.4 is 5.32 Å². The van der Waals surface area contributed by atoms with Crippen LogP contribution in [0.25, 0.3) is 0 Å². The number of hydrogen-bond donors (Lipinski definition) is 2. The van der Waals surface area contributed by atoms with Crippen LogP contribution in [0.4, 0.5) is 10.1 Å². The molecule has 2 N–H and O–H groups in total. The number of aliphatic hydroxyl groups is 1. The van der Waals surface area contributed by atoms with Crippen molar-refractivity contribution in [3.63, 3.8) is 0 Å². The predicted molar refractivity (Wildman–Crippen MR) is 81.0 cm³/mol. The molecule has 112 valence electrons. The number of nitrogens with one attached hydrogen (secondary N) is 1. The maximum Gasteiger partial charge on any atom is 0.159 e. The monoisotopic (exact) mass is 298 g/mol. The zero-order valence-electron chi connectivity index (χ0n) is 12.0. The van der Waals surface area contributed by atoms with Gasteiger partial charge >= 0.3 is 0 Å². The van der Waals surface area contributed by atoms with Crippen molar-refractivity contribution in [2.24, 2.45) is 0 Å². The van der Waals surface area contributed by atoms with E-state index in [2.05, 4.69) is 5.32 Å². The maximum atomic E-state index is 13.1. The molecule has 2 rings (SSSR count). The van der Waals surface area contributed by atoms with E-state index in [1.165, 1.54) is 25.1 Å². The number of ketones is 1. The third kappa shape index (κ3) is 3.68. The molecule has 0 aromatic heterocycles. The molecular formula is C17H15FN2O2. The normalized spacial score (nSPS) is 11.5. The lowest BCUT2D eigenvalue weighted by molar-refractivity contribution is 0.101. The first kappa shape index (κ1) is 15.7. The number of aliphatic hydroxyl groups excluding tert-OH is 1. The Morgan fingerprint density at radius 1 is 1.36 bits per heavy atom. The first-order valence-corrected chi connectivity index (χ1v) is 6.73. The van der Waals surface area contributed by atoms with Crippen LogP contribution in [-0.4, -0.2) is 17.4 Å². The van der Waals surface area contributed by atoms with E-state index in [4.69, 9.17) is 5.26 Å². The van der Waals surface area contributed by atoms with Gasteiger partial charge in [-0.1, -0.05) is 12.1 Å². The molecule has 0 heterocycles. The Morgan fingerprint density at radius 2 is 2.14 bits per heavy atom. The molecule has 1 unspecified atom stereocenters. The van der Waals surface area contributed by atoms with Crippen LogP contribution >= 0.6 is 0 Å². The SMILES string of the molecule is CC(=O)c1ccc(C#N)c(NCC(O)c2cccc(F)c2)c1. The molecule has 0 aliphatic rings. The topological polar surface area (TPSA) is 73.1 Å². The van der Waals surface area contributed by atoms with Crippen molar-refractivity contribution in [2.45, 2.75) is 13.0 Å². The molecule has 0 aliphatic carbocycles. The van der Waals surface area contributed by atoms with Gasteiger partial charge < -0.3 is 10.4 Å². The van der Waals surface area contributed by atoms with Crippen LogP contribution in [0.5, 0.6) is 0 Å². The number of nitriles is 1. The zero-order chi connectivity index (χ0) is 16.1. The van der Waals surface area contributed by atoms with Gasteiger partial charge in [0, 0.05) is 12.1 Å². The van der Waals surface area contributed by atoms with Crippen molar-refractivity contribution in [1.29, 1.82) is 5.26 Å². The van der Waals surface area contributed by atoms with Gasteiger partial charge in [0.2, 0.25) is 0 Å². The fourth-order valence-corrected chi connectivity index (χ4v) is 2.05. The average Bonchev–Trinajstić information content (AvgIpc) is 2.52. The van der Waals surface area contributed by atoms with Gasteiger partial charge in [0.1, 0.15) is 11.9 Å². The van der Waals surface area contributed by atoms with Crippen LogP contribution in [0.2, 0.25) is 0 Å². The Kier molecular flexibility index (Phi) is 4.87. The Labute approximate surface area is 127 Å². The minimum absolute atomic E-state index is 0.0967. The molecule has 2 aromatic carbocycles. The van der Waals surface area contributed by atoms with Crippen LogP contribution in [0, 0.1) is 17.1 Å². The summed E-state index contributed by atoms with van der Waals surface area (Å²) >= 11 is 0. The standard InChI is InChI=1S/C17H15FN2O2/c1-11(21)12-5-6-14(9-19)16(8-12)20-10-17(22)13-3-2-4-15(18)7-13/h2-8,17,20,22H,10H2,1H3. The molecule has 22 heavy (non-hydrogen) atoms. The van der Waals surface area contributed by atoms with Gasteiger partial charge in [0.05, 0.1) is 17.4 Å². The van der Waals surface area contributed by atoms with E-state index in [1.54, 1.807) is 24.3 Å². The molecule has 2 aromatic rings. The van der Waals surface area contributed by atoms with Crippen LogP contribution in [0.3, 0.4) is 0 Å². The second-order valence-electron chi connectivity index (χ2n) is 4.88. The first-order valence-electron chi connectivity index (χ1n) is 6.73. The number of nitrogens with zero attached hydrogens (tertiary/aromatic N) is 1. The molecule has 0 spiro atoms. The van der Waals surface area contributed by atoms with E-state index in [1.807, 2.05) is 6.07 Å². The lowest BCUT2D eigenvalue weighted by Gasteiger charge is -2.14. The highest BCUT2D eigenvalue weighted by Gasteiger charge is 2.11. The fourth-order valence-electron chi connectivity index (χ4n) is 2.05. The maximum absolute atomic E-state index is 13.1. The third-order valence-corrected chi connectivity index (χ3v) is 3.27. The number of carbonyl (C=O) groups excluding carboxylic acids is 1. The van der Waals surface area contributed by atoms with Crippen molar-refractivity contribution in [3.8, 4) is 6.07 Å². The van der Waals surface area contributed by atoms with Crippen molar-refractivity contribution in [2.75, 3.05) is 11.9 Å². The van der Waals surface area contributed by atoms with Crippen molar-refractivity contribution in [3.05, 3.63) is 65.0 Å². The van der Waals surface area contributed by atoms with Gasteiger partial charge in [-0.3, -0.25) is 4.79 Å². The van der Waals surface area contributed by atoms with Gasteiger partial charge in [-0.15, -0.1) is 0 Å². The number of halogens is 1. The summed E-state index contributed by atoms with van der Waals surface area (Å²) in [7, 11) is 0. The van der Waals surface area contributed by atoms with Gasteiger partial charge in [-0.05, 0) is 42.8 Å². The Morgan fingerprint density at radius 3 is 2.77 bits per heavy atom. The summed E-state index contributed by atoms with van der Waals surface area (Å²) in [6.07, 6.45) is -0.928. The first-order chi connectivity index (χ1) is 10.5. The zero-order valence-corrected chi connectivity index (χ0v) is 12.0. The van der Waals surface area contributed by atoms with Crippen LogP contribution in [-0.2, 0) is 0 Å². The van der Waals surface area contributed by atoms with Crippen molar-refractivity contribution in [1.82, 2.24) is 0 Å². The summed E-state index contributed by atoms with van der Waals surface area (Å²) in [6.45, 7) is 1.53. The van der Waals surface area contributed by atoms with E-state index in [0.717, 1.165) is 0 Å². The van der Waals surface area contributed by atoms with Crippen molar-refractivity contribution < 1.29 is 14.3 Å². The van der Waals surface area contributed by atoms with E-state index < -0.39 is 11.9 Å². The van der Waals surface area contributed by atoms with Crippen LogP contribution in [0.15, 0.2) is 42.5 Å². The van der Waals surface area contributed by atoms with Crippen molar-refractivity contribution >= 4 is 11.5 Å². The van der Waals surface area contributed by atoms with Gasteiger partial charge in [0.25, 0.3) is 0 Å². The molecule has 0 bridgehead atoms. The molecule has 5 heteroatoms. The Bertz CT molecular complexity index is 738. The molecule has 0 aliphatic heterocycles.